The van der Waals surface area contributed by atoms with Gasteiger partial charge in [0.1, 0.15) is 5.75 Å². The van der Waals surface area contributed by atoms with Crippen molar-refractivity contribution in [2.24, 2.45) is 5.10 Å². The minimum absolute atomic E-state index is 0.130. The first-order valence-corrected chi connectivity index (χ1v) is 9.51. The Balaban J connectivity index is 1.57. The average molecular weight is 476 g/mol. The summed E-state index contributed by atoms with van der Waals surface area (Å²) >= 11 is 6.87. The number of rotatable bonds is 5. The molecule has 0 aromatic heterocycles. The quantitative estimate of drug-likeness (QED) is 0.407. The fourth-order valence-electron chi connectivity index (χ4n) is 2.46. The van der Waals surface area contributed by atoms with Gasteiger partial charge in [0, 0.05) is 0 Å². The molecular weight excluding hydrogens is 460 g/mol. The number of aryl methyl sites for hydroxylation is 1. The summed E-state index contributed by atoms with van der Waals surface area (Å²) in [4.78, 5) is 11.9. The van der Waals surface area contributed by atoms with E-state index < -0.39 is 0 Å². The standard InChI is InChI=1S/C20H16Br2N2O2/c1-13-8-17(21)20(18(22)9-13)26-12-19(25)24-23-11-14-6-7-15-4-2-3-5-16(15)10-14/h2-11H,12H2,1H3,(H,24,25)/b23-11+. The van der Waals surface area contributed by atoms with E-state index in [2.05, 4.69) is 48.5 Å². The molecule has 0 saturated heterocycles. The second-order valence-corrected chi connectivity index (χ2v) is 7.45. The second-order valence-electron chi connectivity index (χ2n) is 5.75. The fraction of sp³-hybridized carbons (Fsp3) is 0.100. The number of benzene rings is 3. The third-order valence-electron chi connectivity index (χ3n) is 3.67. The number of amides is 1. The van der Waals surface area contributed by atoms with Gasteiger partial charge in [0.15, 0.2) is 6.61 Å². The smallest absolute Gasteiger partial charge is 0.277 e. The van der Waals surface area contributed by atoms with E-state index >= 15 is 0 Å². The Bertz CT molecular complexity index is 963. The maximum atomic E-state index is 11.9. The number of nitrogens with zero attached hydrogens (tertiary/aromatic N) is 1. The van der Waals surface area contributed by atoms with E-state index in [0.29, 0.717) is 5.75 Å². The Morgan fingerprint density at radius 1 is 1.08 bits per heavy atom. The van der Waals surface area contributed by atoms with E-state index in [9.17, 15) is 4.79 Å². The topological polar surface area (TPSA) is 50.7 Å². The highest BCUT2D eigenvalue weighted by Crippen LogP contribution is 2.34. The van der Waals surface area contributed by atoms with E-state index in [1.54, 1.807) is 6.21 Å². The number of carbonyl (C=O) groups excluding carboxylic acids is 1. The second kappa shape index (κ2) is 8.47. The molecule has 0 aliphatic rings. The molecule has 0 radical (unpaired) electrons. The molecule has 0 aliphatic carbocycles. The zero-order chi connectivity index (χ0) is 18.5. The van der Waals surface area contributed by atoms with Crippen LogP contribution in [0.3, 0.4) is 0 Å². The van der Waals surface area contributed by atoms with Gasteiger partial charge in [0.2, 0.25) is 0 Å². The molecule has 4 nitrogen and oxygen atoms in total. The number of carbonyl (C=O) groups is 1. The number of ether oxygens (including phenoxy) is 1. The minimum atomic E-state index is -0.332. The van der Waals surface area contributed by atoms with Gasteiger partial charge in [0.25, 0.3) is 5.91 Å². The number of nitrogens with one attached hydrogen (secondary N) is 1. The molecule has 0 aliphatic heterocycles. The van der Waals surface area contributed by atoms with Crippen LogP contribution in [-0.2, 0) is 4.79 Å². The van der Waals surface area contributed by atoms with Gasteiger partial charge in [-0.25, -0.2) is 5.43 Å². The van der Waals surface area contributed by atoms with Gasteiger partial charge in [-0.1, -0.05) is 36.4 Å². The number of hydrazone groups is 1. The van der Waals surface area contributed by atoms with Crippen LogP contribution in [0.15, 0.2) is 68.6 Å². The molecule has 0 atom stereocenters. The lowest BCUT2D eigenvalue weighted by Crippen LogP contribution is -2.24. The van der Waals surface area contributed by atoms with Crippen LogP contribution < -0.4 is 10.2 Å². The van der Waals surface area contributed by atoms with Crippen molar-refractivity contribution in [3.05, 3.63) is 74.7 Å². The van der Waals surface area contributed by atoms with Crippen molar-refractivity contribution in [2.75, 3.05) is 6.61 Å². The monoisotopic (exact) mass is 474 g/mol. The van der Waals surface area contributed by atoms with Crippen LogP contribution in [0.4, 0.5) is 0 Å². The summed E-state index contributed by atoms with van der Waals surface area (Å²) in [5.41, 5.74) is 4.47. The summed E-state index contributed by atoms with van der Waals surface area (Å²) in [5, 5.41) is 6.28. The van der Waals surface area contributed by atoms with Gasteiger partial charge >= 0.3 is 0 Å². The molecule has 1 amide bonds. The summed E-state index contributed by atoms with van der Waals surface area (Å²) in [6.45, 7) is 1.85. The molecule has 26 heavy (non-hydrogen) atoms. The number of hydrogen-bond acceptors (Lipinski definition) is 3. The molecular formula is C20H16Br2N2O2. The molecule has 0 heterocycles. The van der Waals surface area contributed by atoms with Crippen molar-refractivity contribution in [3.8, 4) is 5.75 Å². The van der Waals surface area contributed by atoms with Crippen molar-refractivity contribution in [1.29, 1.82) is 0 Å². The number of fused-ring (bicyclic) bond motifs is 1. The largest absolute Gasteiger partial charge is 0.481 e. The summed E-state index contributed by atoms with van der Waals surface area (Å²) in [7, 11) is 0. The Kier molecular flexibility index (Phi) is 6.06. The molecule has 132 valence electrons. The lowest BCUT2D eigenvalue weighted by Gasteiger charge is -2.10. The SMILES string of the molecule is Cc1cc(Br)c(OCC(=O)N/N=C/c2ccc3ccccc3c2)c(Br)c1. The first-order chi connectivity index (χ1) is 12.5. The predicted octanol–water partition coefficient (Wildman–Crippen LogP) is 5.20. The Hall–Kier alpha value is -2.18. The highest BCUT2D eigenvalue weighted by atomic mass is 79.9. The Morgan fingerprint density at radius 3 is 2.50 bits per heavy atom. The molecule has 1 N–H and O–H groups in total. The molecule has 3 aromatic carbocycles. The highest BCUT2D eigenvalue weighted by molar-refractivity contribution is 9.11. The first kappa shape index (κ1) is 18.6. The molecule has 0 saturated carbocycles. The van der Waals surface area contributed by atoms with Gasteiger partial charge in [-0.05, 0) is 78.9 Å². The maximum absolute atomic E-state index is 11.9. The zero-order valence-electron chi connectivity index (χ0n) is 14.0. The minimum Gasteiger partial charge on any atom is -0.481 e. The van der Waals surface area contributed by atoms with Crippen LogP contribution >= 0.6 is 31.9 Å². The lowest BCUT2D eigenvalue weighted by molar-refractivity contribution is -0.123. The summed E-state index contributed by atoms with van der Waals surface area (Å²) < 4.78 is 7.14. The fourth-order valence-corrected chi connectivity index (χ4v) is 4.11. The molecule has 0 fully saturated rings. The Morgan fingerprint density at radius 2 is 1.77 bits per heavy atom. The third kappa shape index (κ3) is 4.71. The van der Waals surface area contributed by atoms with Crippen molar-refractivity contribution in [3.63, 3.8) is 0 Å². The van der Waals surface area contributed by atoms with E-state index in [4.69, 9.17) is 4.74 Å². The van der Waals surface area contributed by atoms with Gasteiger partial charge in [-0.3, -0.25) is 4.79 Å². The number of halogens is 2. The van der Waals surface area contributed by atoms with Crippen LogP contribution in [0.1, 0.15) is 11.1 Å². The van der Waals surface area contributed by atoms with Gasteiger partial charge < -0.3 is 4.74 Å². The summed E-state index contributed by atoms with van der Waals surface area (Å²) in [5.74, 6) is 0.255. The predicted molar refractivity (Wildman–Crippen MR) is 112 cm³/mol. The van der Waals surface area contributed by atoms with Crippen molar-refractivity contribution in [1.82, 2.24) is 5.43 Å². The Labute approximate surface area is 168 Å². The van der Waals surface area contributed by atoms with Crippen molar-refractivity contribution < 1.29 is 9.53 Å². The maximum Gasteiger partial charge on any atom is 0.277 e. The average Bonchev–Trinajstić information content (AvgIpc) is 2.60. The van der Waals surface area contributed by atoms with Crippen molar-refractivity contribution >= 4 is 54.8 Å². The van der Waals surface area contributed by atoms with Crippen LogP contribution in [0, 0.1) is 6.92 Å². The molecule has 0 unspecified atom stereocenters. The van der Waals surface area contributed by atoms with Gasteiger partial charge in [-0.2, -0.15) is 5.10 Å². The first-order valence-electron chi connectivity index (χ1n) is 7.92. The van der Waals surface area contributed by atoms with Crippen molar-refractivity contribution in [2.45, 2.75) is 6.92 Å². The zero-order valence-corrected chi connectivity index (χ0v) is 17.2. The molecule has 3 rings (SSSR count). The summed E-state index contributed by atoms with van der Waals surface area (Å²) in [6, 6.07) is 17.9. The van der Waals surface area contributed by atoms with Crippen LogP contribution in [0.5, 0.6) is 5.75 Å². The molecule has 3 aromatic rings. The molecule has 0 spiro atoms. The third-order valence-corrected chi connectivity index (χ3v) is 4.84. The molecule has 0 bridgehead atoms. The van der Waals surface area contributed by atoms with E-state index in [-0.39, 0.29) is 12.5 Å². The van der Waals surface area contributed by atoms with E-state index in [0.717, 1.165) is 30.8 Å². The summed E-state index contributed by atoms with van der Waals surface area (Å²) in [6.07, 6.45) is 1.61. The van der Waals surface area contributed by atoms with E-state index in [1.807, 2.05) is 55.5 Å². The number of hydrogen-bond donors (Lipinski definition) is 1. The van der Waals surface area contributed by atoms with Gasteiger partial charge in [0.05, 0.1) is 15.2 Å². The molecule has 6 heteroatoms. The lowest BCUT2D eigenvalue weighted by atomic mass is 10.1. The normalized spacial score (nSPS) is 11.0. The van der Waals surface area contributed by atoms with E-state index in [1.165, 1.54) is 0 Å². The van der Waals surface area contributed by atoms with Gasteiger partial charge in [-0.15, -0.1) is 0 Å². The highest BCUT2D eigenvalue weighted by Gasteiger charge is 2.09. The van der Waals surface area contributed by atoms with Crippen LogP contribution in [0.2, 0.25) is 0 Å². The van der Waals surface area contributed by atoms with Crippen LogP contribution in [0.25, 0.3) is 10.8 Å². The van der Waals surface area contributed by atoms with Crippen LogP contribution in [-0.4, -0.2) is 18.7 Å².